The number of likely N-dealkylation sites (N-methyl/N-ethyl adjacent to an activating group) is 1. The number of hydrogen-bond donors (Lipinski definition) is 2. The topological polar surface area (TPSA) is 66.5 Å². The van der Waals surface area contributed by atoms with Gasteiger partial charge in [0.15, 0.2) is 5.43 Å². The first-order chi connectivity index (χ1) is 12.9. The first-order valence-corrected chi connectivity index (χ1v) is 10.4. The summed E-state index contributed by atoms with van der Waals surface area (Å²) in [5.41, 5.74) is 8.10. The quantitative estimate of drug-likeness (QED) is 0.473. The van der Waals surface area contributed by atoms with Crippen molar-refractivity contribution in [3.8, 4) is 0 Å². The molecule has 27 heavy (non-hydrogen) atoms. The molecule has 3 aliphatic rings. The number of nitrogens with two attached hydrogens (primary N) is 1. The zero-order valence-electron chi connectivity index (χ0n) is 16.3. The summed E-state index contributed by atoms with van der Waals surface area (Å²) in [6.45, 7) is 8.05. The van der Waals surface area contributed by atoms with Crippen molar-refractivity contribution in [2.75, 3.05) is 43.6 Å². The van der Waals surface area contributed by atoms with Crippen molar-refractivity contribution in [2.24, 2.45) is 11.8 Å². The van der Waals surface area contributed by atoms with Crippen LogP contribution in [0.15, 0.2) is 11.0 Å². The molecule has 1 unspecified atom stereocenters. The van der Waals surface area contributed by atoms with E-state index in [1.54, 1.807) is 0 Å². The summed E-state index contributed by atoms with van der Waals surface area (Å²) in [5, 5.41) is 1.87. The van der Waals surface area contributed by atoms with Gasteiger partial charge in [0.05, 0.1) is 22.3 Å². The molecule has 0 radical (unpaired) electrons. The monoisotopic (exact) mass is 385 g/mol. The fourth-order valence-corrected chi connectivity index (χ4v) is 5.58. The molecule has 6 nitrogen and oxygen atoms in total. The number of piperazine rings is 1. The minimum Gasteiger partial charge on any atom is -0.368 e. The highest BCUT2D eigenvalue weighted by molar-refractivity contribution is 7.29. The molecule has 3 fully saturated rings. The summed E-state index contributed by atoms with van der Waals surface area (Å²) in [6, 6.07) is 0. The van der Waals surface area contributed by atoms with Gasteiger partial charge in [-0.3, -0.25) is 10.6 Å². The third kappa shape index (κ3) is 2.33. The van der Waals surface area contributed by atoms with E-state index in [4.69, 9.17) is 5.84 Å². The lowest BCUT2D eigenvalue weighted by Gasteiger charge is -2.37. The molecule has 0 bridgehead atoms. The minimum absolute atomic E-state index is 0.0835. The molecular formula is C20H28N5OP. The van der Waals surface area contributed by atoms with Gasteiger partial charge in [-0.15, -0.1) is 9.24 Å². The summed E-state index contributed by atoms with van der Waals surface area (Å²) in [4.78, 5) is 17.9. The lowest BCUT2D eigenvalue weighted by atomic mass is 10.0. The van der Waals surface area contributed by atoms with Crippen molar-refractivity contribution >= 4 is 36.8 Å². The minimum atomic E-state index is 0.0835. The van der Waals surface area contributed by atoms with Gasteiger partial charge in [-0.1, -0.05) is 0 Å². The van der Waals surface area contributed by atoms with Gasteiger partial charge < -0.3 is 19.8 Å². The van der Waals surface area contributed by atoms with Crippen LogP contribution in [0.4, 0.5) is 11.4 Å². The number of aryl methyl sites for hydroxylation is 1. The Morgan fingerprint density at radius 2 is 1.85 bits per heavy atom. The van der Waals surface area contributed by atoms with Crippen LogP contribution in [0.5, 0.6) is 0 Å². The fraction of sp³-hybridized carbons (Fsp3) is 0.550. The molecule has 144 valence electrons. The molecule has 1 saturated heterocycles. The molecule has 5 rings (SSSR count). The zero-order valence-corrected chi connectivity index (χ0v) is 17.5. The van der Waals surface area contributed by atoms with Crippen LogP contribution in [0.1, 0.15) is 24.0 Å². The van der Waals surface area contributed by atoms with E-state index in [2.05, 4.69) is 49.2 Å². The van der Waals surface area contributed by atoms with Gasteiger partial charge in [0.1, 0.15) is 0 Å². The van der Waals surface area contributed by atoms with Crippen molar-refractivity contribution < 1.29 is 0 Å². The van der Waals surface area contributed by atoms with Crippen LogP contribution >= 0.6 is 9.24 Å². The van der Waals surface area contributed by atoms with Crippen LogP contribution in [0.3, 0.4) is 0 Å². The average Bonchev–Trinajstić information content (AvgIpc) is 3.50. The maximum Gasteiger partial charge on any atom is 0.194 e. The van der Waals surface area contributed by atoms with E-state index in [9.17, 15) is 4.79 Å². The van der Waals surface area contributed by atoms with Crippen LogP contribution in [0.2, 0.25) is 0 Å². The van der Waals surface area contributed by atoms with Gasteiger partial charge >= 0.3 is 0 Å². The van der Waals surface area contributed by atoms with E-state index < -0.39 is 0 Å². The summed E-state index contributed by atoms with van der Waals surface area (Å²) in [5.74, 6) is 6.75. The molecule has 1 aromatic carbocycles. The Hall–Kier alpha value is -1.62. The smallest absolute Gasteiger partial charge is 0.194 e. The van der Waals surface area contributed by atoms with Gasteiger partial charge in [-0.2, -0.15) is 0 Å². The highest BCUT2D eigenvalue weighted by Gasteiger charge is 2.71. The SMILES string of the molecule is Cc1c(N2CCN(C)CC2)c(P)c2c(c1NN)c(=O)c(C)cn2C12CC1C2. The number of nitrogen functional groups attached to an aromatic ring is 1. The molecule has 7 heteroatoms. The lowest BCUT2D eigenvalue weighted by molar-refractivity contribution is 0.313. The van der Waals surface area contributed by atoms with Crippen LogP contribution in [-0.4, -0.2) is 42.7 Å². The predicted molar refractivity (Wildman–Crippen MR) is 115 cm³/mol. The highest BCUT2D eigenvalue weighted by Crippen LogP contribution is 2.73. The molecule has 2 aliphatic carbocycles. The number of pyridine rings is 1. The van der Waals surface area contributed by atoms with E-state index in [0.29, 0.717) is 0 Å². The van der Waals surface area contributed by atoms with Crippen molar-refractivity contribution in [3.63, 3.8) is 0 Å². The molecule has 0 amide bonds. The second-order valence-corrected chi connectivity index (χ2v) is 9.22. The summed E-state index contributed by atoms with van der Waals surface area (Å²) in [7, 11) is 5.12. The van der Waals surface area contributed by atoms with Crippen molar-refractivity contribution in [1.29, 1.82) is 0 Å². The molecule has 0 spiro atoms. The first kappa shape index (κ1) is 17.5. The molecule has 2 saturated carbocycles. The molecule has 1 aromatic heterocycles. The fourth-order valence-electron chi connectivity index (χ4n) is 4.90. The predicted octanol–water partition coefficient (Wildman–Crippen LogP) is 1.28. The average molecular weight is 385 g/mol. The molecule has 1 atom stereocenters. The van der Waals surface area contributed by atoms with E-state index in [0.717, 1.165) is 65.1 Å². The number of hydrazine groups is 1. The Labute approximate surface area is 161 Å². The maximum atomic E-state index is 13.1. The van der Waals surface area contributed by atoms with E-state index >= 15 is 0 Å². The van der Waals surface area contributed by atoms with Crippen molar-refractivity contribution in [3.05, 3.63) is 27.5 Å². The molecule has 2 aromatic rings. The summed E-state index contributed by atoms with van der Waals surface area (Å²) in [6.07, 6.45) is 4.55. The van der Waals surface area contributed by atoms with Gasteiger partial charge in [0, 0.05) is 48.8 Å². The number of rotatable bonds is 3. The third-order valence-corrected chi connectivity index (χ3v) is 7.51. The number of fused-ring (bicyclic) bond motifs is 2. The van der Waals surface area contributed by atoms with Gasteiger partial charge in [-0.05, 0) is 45.2 Å². The molecule has 2 heterocycles. The molecule has 3 N–H and O–H groups in total. The highest BCUT2D eigenvalue weighted by atomic mass is 31.0. The first-order valence-electron chi connectivity index (χ1n) is 9.77. The summed E-state index contributed by atoms with van der Waals surface area (Å²) < 4.78 is 2.39. The number of nitrogens with one attached hydrogen (secondary N) is 1. The Bertz CT molecular complexity index is 1020. The van der Waals surface area contributed by atoms with E-state index in [1.165, 1.54) is 18.5 Å². The number of aromatic nitrogens is 1. The third-order valence-electron chi connectivity index (χ3n) is 6.96. The van der Waals surface area contributed by atoms with Crippen molar-refractivity contribution in [1.82, 2.24) is 9.47 Å². The second-order valence-electron chi connectivity index (χ2n) is 8.64. The van der Waals surface area contributed by atoms with Crippen LogP contribution in [0, 0.1) is 19.8 Å². The number of nitrogens with zero attached hydrogens (tertiary/aromatic N) is 3. The zero-order chi connectivity index (χ0) is 19.1. The Balaban J connectivity index is 1.82. The van der Waals surface area contributed by atoms with Crippen LogP contribution in [-0.2, 0) is 5.54 Å². The Morgan fingerprint density at radius 3 is 2.41 bits per heavy atom. The standard InChI is InChI=1S/C20H28N5OP/c1-11-10-25(20-8-13(20)9-20)17-14(18(11)26)15(22-21)12(2)16(19(17)27)24-6-4-23(3)5-7-24/h10,13,22H,4-9,21,27H2,1-3H3. The van der Waals surface area contributed by atoms with Crippen molar-refractivity contribution in [2.45, 2.75) is 32.2 Å². The van der Waals surface area contributed by atoms with Gasteiger partial charge in [-0.25, -0.2) is 0 Å². The number of anilines is 2. The largest absolute Gasteiger partial charge is 0.368 e. The number of hydrogen-bond acceptors (Lipinski definition) is 5. The van der Waals surface area contributed by atoms with E-state index in [-0.39, 0.29) is 11.0 Å². The Morgan fingerprint density at radius 1 is 1.22 bits per heavy atom. The normalized spacial score (nSPS) is 27.0. The lowest BCUT2D eigenvalue weighted by Crippen LogP contribution is -2.46. The van der Waals surface area contributed by atoms with Crippen LogP contribution in [0.25, 0.3) is 10.9 Å². The van der Waals surface area contributed by atoms with Gasteiger partial charge in [0.25, 0.3) is 0 Å². The Kier molecular flexibility index (Phi) is 3.69. The molecule has 1 aliphatic heterocycles. The summed E-state index contributed by atoms with van der Waals surface area (Å²) >= 11 is 0. The molecular weight excluding hydrogens is 357 g/mol. The number of benzene rings is 1. The van der Waals surface area contributed by atoms with Crippen LogP contribution < -0.4 is 26.9 Å². The second kappa shape index (κ2) is 5.69. The van der Waals surface area contributed by atoms with E-state index in [1.807, 2.05) is 6.92 Å². The maximum absolute atomic E-state index is 13.1. The van der Waals surface area contributed by atoms with Gasteiger partial charge in [0.2, 0.25) is 0 Å².